The molecule has 1 aliphatic carbocycles. The van der Waals surface area contributed by atoms with E-state index in [9.17, 15) is 9.59 Å². The molecule has 2 fully saturated rings. The van der Waals surface area contributed by atoms with Crippen LogP contribution in [0.1, 0.15) is 45.4 Å². The number of ether oxygens (including phenoxy) is 1. The number of nitrogens with zero attached hydrogens (tertiary/aromatic N) is 4. The highest BCUT2D eigenvalue weighted by Gasteiger charge is 2.24. The van der Waals surface area contributed by atoms with E-state index in [-0.39, 0.29) is 24.3 Å². The van der Waals surface area contributed by atoms with E-state index in [0.29, 0.717) is 12.5 Å². The lowest BCUT2D eigenvalue weighted by Crippen LogP contribution is -2.34. The molecule has 2 amide bonds. The fourth-order valence-electron chi connectivity index (χ4n) is 2.84. The predicted molar refractivity (Wildman–Crippen MR) is 91.8 cm³/mol. The molecule has 0 radical (unpaired) electrons. The van der Waals surface area contributed by atoms with E-state index in [1.165, 1.54) is 36.7 Å². The third-order valence-electron chi connectivity index (χ3n) is 4.68. The highest BCUT2D eigenvalue weighted by Crippen LogP contribution is 2.29. The molecule has 0 bridgehead atoms. The van der Waals surface area contributed by atoms with Crippen LogP contribution in [0.5, 0.6) is 0 Å². The van der Waals surface area contributed by atoms with Crippen molar-refractivity contribution in [3.63, 3.8) is 0 Å². The van der Waals surface area contributed by atoms with Crippen LogP contribution in [0.25, 0.3) is 0 Å². The first kappa shape index (κ1) is 17.8. The van der Waals surface area contributed by atoms with Crippen LogP contribution in [0.15, 0.2) is 6.33 Å². The highest BCUT2D eigenvalue weighted by atomic mass is 16.5. The molecule has 1 saturated heterocycles. The summed E-state index contributed by atoms with van der Waals surface area (Å²) in [6.45, 7) is 4.12. The molecule has 8 nitrogen and oxygen atoms in total. The van der Waals surface area contributed by atoms with Crippen LogP contribution in [0.4, 0.5) is 5.95 Å². The Morgan fingerprint density at radius 2 is 2.00 bits per heavy atom. The minimum Gasteiger partial charge on any atom is -0.368 e. The predicted octanol–water partition coefficient (Wildman–Crippen LogP) is 1.43. The number of rotatable bonds is 7. The SMILES string of the molecule is C[C@H](OCC1CC1)C(=O)Nc1ncn(CC(=O)N2CCCCCC2)n1. The Bertz CT molecular complexity index is 591. The Labute approximate surface area is 147 Å². The van der Waals surface area contributed by atoms with Gasteiger partial charge in [0.15, 0.2) is 0 Å². The summed E-state index contributed by atoms with van der Waals surface area (Å²) in [7, 11) is 0. The van der Waals surface area contributed by atoms with Crippen molar-refractivity contribution in [3.8, 4) is 0 Å². The van der Waals surface area contributed by atoms with Crippen LogP contribution in [-0.2, 0) is 20.9 Å². The molecule has 0 aromatic carbocycles. The minimum absolute atomic E-state index is 0.0470. The second-order valence-corrected chi connectivity index (χ2v) is 6.97. The molecular formula is C17H27N5O3. The quantitative estimate of drug-likeness (QED) is 0.804. The summed E-state index contributed by atoms with van der Waals surface area (Å²) in [6.07, 6.45) is 7.80. The molecule has 0 spiro atoms. The van der Waals surface area contributed by atoms with Crippen LogP contribution in [0.3, 0.4) is 0 Å². The summed E-state index contributed by atoms with van der Waals surface area (Å²) >= 11 is 0. The molecule has 1 aliphatic heterocycles. The van der Waals surface area contributed by atoms with Crippen molar-refractivity contribution < 1.29 is 14.3 Å². The number of anilines is 1. The topological polar surface area (TPSA) is 89.3 Å². The van der Waals surface area contributed by atoms with Gasteiger partial charge in [0, 0.05) is 13.1 Å². The van der Waals surface area contributed by atoms with Crippen molar-refractivity contribution in [2.45, 2.75) is 58.1 Å². The van der Waals surface area contributed by atoms with Crippen molar-refractivity contribution in [2.75, 3.05) is 25.0 Å². The third-order valence-corrected chi connectivity index (χ3v) is 4.68. The number of carbonyl (C=O) groups is 2. The van der Waals surface area contributed by atoms with Crippen molar-refractivity contribution in [3.05, 3.63) is 6.33 Å². The van der Waals surface area contributed by atoms with Gasteiger partial charge in [0.05, 0.1) is 6.61 Å². The summed E-state index contributed by atoms with van der Waals surface area (Å²) in [5.74, 6) is 0.594. The molecule has 1 atom stereocenters. The van der Waals surface area contributed by atoms with Crippen LogP contribution in [0, 0.1) is 5.92 Å². The maximum atomic E-state index is 12.3. The lowest BCUT2D eigenvalue weighted by Gasteiger charge is -2.19. The van der Waals surface area contributed by atoms with Gasteiger partial charge >= 0.3 is 0 Å². The lowest BCUT2D eigenvalue weighted by atomic mass is 10.2. The fourth-order valence-corrected chi connectivity index (χ4v) is 2.84. The third kappa shape index (κ3) is 5.52. The van der Waals surface area contributed by atoms with Gasteiger partial charge in [-0.1, -0.05) is 12.8 Å². The molecule has 2 heterocycles. The van der Waals surface area contributed by atoms with E-state index >= 15 is 0 Å². The molecule has 138 valence electrons. The van der Waals surface area contributed by atoms with Crippen molar-refractivity contribution in [1.29, 1.82) is 0 Å². The molecule has 1 aromatic heterocycles. The van der Waals surface area contributed by atoms with Crippen LogP contribution in [0.2, 0.25) is 0 Å². The average molecular weight is 349 g/mol. The van der Waals surface area contributed by atoms with Gasteiger partial charge in [-0.3, -0.25) is 14.9 Å². The zero-order valence-electron chi connectivity index (χ0n) is 14.8. The second-order valence-electron chi connectivity index (χ2n) is 6.97. The van der Waals surface area contributed by atoms with Gasteiger partial charge in [-0.25, -0.2) is 9.67 Å². The molecule has 1 saturated carbocycles. The smallest absolute Gasteiger partial charge is 0.255 e. The second kappa shape index (κ2) is 8.42. The minimum atomic E-state index is -0.536. The van der Waals surface area contributed by atoms with Gasteiger partial charge in [-0.05, 0) is 38.5 Å². The summed E-state index contributed by atoms with van der Waals surface area (Å²) in [5, 5.41) is 6.81. The number of likely N-dealkylation sites (tertiary alicyclic amines) is 1. The van der Waals surface area contributed by atoms with Crippen molar-refractivity contribution in [1.82, 2.24) is 19.7 Å². The standard InChI is InChI=1S/C17H27N5O3/c1-13(25-11-14-6-7-14)16(24)19-17-18-12-22(20-17)10-15(23)21-8-4-2-3-5-9-21/h12-14H,2-11H2,1H3,(H,19,20,24)/t13-/m0/s1. The zero-order valence-corrected chi connectivity index (χ0v) is 14.8. The maximum absolute atomic E-state index is 12.3. The molecule has 0 unspecified atom stereocenters. The number of hydrogen-bond donors (Lipinski definition) is 1. The Balaban J connectivity index is 1.45. The van der Waals surface area contributed by atoms with Gasteiger partial charge in [0.2, 0.25) is 11.9 Å². The first-order valence-corrected chi connectivity index (χ1v) is 9.21. The number of hydrogen-bond acceptors (Lipinski definition) is 5. The Morgan fingerprint density at radius 1 is 1.28 bits per heavy atom. The van der Waals surface area contributed by atoms with Gasteiger partial charge in [-0.15, -0.1) is 5.10 Å². The number of aromatic nitrogens is 3. The molecule has 8 heteroatoms. The fraction of sp³-hybridized carbons (Fsp3) is 0.765. The van der Waals surface area contributed by atoms with Gasteiger partial charge < -0.3 is 9.64 Å². The summed E-state index contributed by atoms with van der Waals surface area (Å²) < 4.78 is 7.00. The molecule has 2 aliphatic rings. The first-order chi connectivity index (χ1) is 12.1. The molecule has 1 aromatic rings. The van der Waals surface area contributed by atoms with Crippen molar-refractivity contribution >= 4 is 17.8 Å². The summed E-state index contributed by atoms with van der Waals surface area (Å²) in [5.41, 5.74) is 0. The zero-order chi connectivity index (χ0) is 17.6. The normalized spacial score (nSPS) is 19.3. The molecule has 25 heavy (non-hydrogen) atoms. The average Bonchev–Trinajstić information content (AvgIpc) is 3.38. The van der Waals surface area contributed by atoms with Gasteiger partial charge in [0.25, 0.3) is 5.91 Å². The van der Waals surface area contributed by atoms with Crippen molar-refractivity contribution in [2.24, 2.45) is 5.92 Å². The van der Waals surface area contributed by atoms with E-state index in [2.05, 4.69) is 15.4 Å². The van der Waals surface area contributed by atoms with Crippen LogP contribution < -0.4 is 5.32 Å². The molecule has 3 rings (SSSR count). The monoisotopic (exact) mass is 349 g/mol. The molecule has 1 N–H and O–H groups in total. The van der Waals surface area contributed by atoms with E-state index in [4.69, 9.17) is 4.74 Å². The van der Waals surface area contributed by atoms with E-state index < -0.39 is 6.10 Å². The number of nitrogens with one attached hydrogen (secondary N) is 1. The highest BCUT2D eigenvalue weighted by molar-refractivity contribution is 5.92. The van der Waals surface area contributed by atoms with E-state index in [0.717, 1.165) is 25.9 Å². The van der Waals surface area contributed by atoms with Gasteiger partial charge in [0.1, 0.15) is 19.0 Å². The van der Waals surface area contributed by atoms with Crippen LogP contribution in [-0.4, -0.2) is 57.3 Å². The Morgan fingerprint density at radius 3 is 2.68 bits per heavy atom. The maximum Gasteiger partial charge on any atom is 0.255 e. The number of carbonyl (C=O) groups excluding carboxylic acids is 2. The Hall–Kier alpha value is -1.96. The first-order valence-electron chi connectivity index (χ1n) is 9.21. The molecular weight excluding hydrogens is 322 g/mol. The van der Waals surface area contributed by atoms with E-state index in [1.54, 1.807) is 6.92 Å². The Kier molecular flexibility index (Phi) is 6.01. The lowest BCUT2D eigenvalue weighted by molar-refractivity contribution is -0.132. The van der Waals surface area contributed by atoms with Crippen LogP contribution >= 0.6 is 0 Å². The van der Waals surface area contributed by atoms with E-state index in [1.807, 2.05) is 4.90 Å². The largest absolute Gasteiger partial charge is 0.368 e. The summed E-state index contributed by atoms with van der Waals surface area (Å²) in [4.78, 5) is 30.4. The van der Waals surface area contributed by atoms with Gasteiger partial charge in [-0.2, -0.15) is 0 Å². The number of amides is 2. The summed E-state index contributed by atoms with van der Waals surface area (Å²) in [6, 6.07) is 0.